The Morgan fingerprint density at radius 3 is 2.71 bits per heavy atom. The van der Waals surface area contributed by atoms with Crippen molar-refractivity contribution in [2.45, 2.75) is 32.4 Å². The van der Waals surface area contributed by atoms with E-state index in [-0.39, 0.29) is 5.92 Å². The van der Waals surface area contributed by atoms with Gasteiger partial charge >= 0.3 is 0 Å². The summed E-state index contributed by atoms with van der Waals surface area (Å²) in [4.78, 5) is 15.4. The van der Waals surface area contributed by atoms with Gasteiger partial charge in [-0.2, -0.15) is 0 Å². The molecule has 4 unspecified atom stereocenters. The third-order valence-electron chi connectivity index (χ3n) is 6.91. The minimum Gasteiger partial charge on any atom is -0.306 e. The van der Waals surface area contributed by atoms with Crippen LogP contribution in [-0.4, -0.2) is 20.9 Å². The van der Waals surface area contributed by atoms with Gasteiger partial charge in [-0.15, -0.1) is 5.10 Å². The summed E-state index contributed by atoms with van der Waals surface area (Å²) in [7, 11) is 0. The van der Waals surface area contributed by atoms with Crippen LogP contribution in [0, 0.1) is 29.6 Å². The summed E-state index contributed by atoms with van der Waals surface area (Å²) in [6.45, 7) is 1.28. The topological polar surface area (TPSA) is 51.0 Å². The molecule has 5 heteroatoms. The van der Waals surface area contributed by atoms with E-state index in [9.17, 15) is 4.79 Å². The average Bonchev–Trinajstić information content (AvgIpc) is 2.88. The molecule has 5 nitrogen and oxygen atoms in total. The molecule has 0 N–H and O–H groups in total. The van der Waals surface area contributed by atoms with E-state index >= 15 is 0 Å². The van der Waals surface area contributed by atoms with Crippen LogP contribution in [0.3, 0.4) is 0 Å². The number of anilines is 1. The highest BCUT2D eigenvalue weighted by Gasteiger charge is 2.68. The van der Waals surface area contributed by atoms with E-state index in [1.54, 1.807) is 6.20 Å². The van der Waals surface area contributed by atoms with Crippen LogP contribution >= 0.6 is 0 Å². The molecule has 0 spiro atoms. The largest absolute Gasteiger partial charge is 0.306 e. The molecule has 2 bridgehead atoms. The van der Waals surface area contributed by atoms with Crippen molar-refractivity contribution in [1.82, 2.24) is 15.0 Å². The standard InChI is InChI=1S/C19H20N4O/c24-19(18-16-11-5-6-12(7-11)17(16)18)22-10-14-8-20-21-23(14)9-13-3-1-2-4-15(13)22/h1-4,8,11-12,16-18H,5-7,9-10H2. The molecule has 0 saturated heterocycles. The first kappa shape index (κ1) is 13.2. The van der Waals surface area contributed by atoms with Gasteiger partial charge in [0.2, 0.25) is 5.91 Å². The molecule has 4 atom stereocenters. The predicted octanol–water partition coefficient (Wildman–Crippen LogP) is 2.47. The second-order valence-electron chi connectivity index (χ2n) is 7.95. The summed E-state index contributed by atoms with van der Waals surface area (Å²) in [5.74, 6) is 3.60. The van der Waals surface area contributed by atoms with Crippen molar-refractivity contribution in [3.05, 3.63) is 41.7 Å². The first-order chi connectivity index (χ1) is 11.8. The molecular weight excluding hydrogens is 300 g/mol. The van der Waals surface area contributed by atoms with E-state index < -0.39 is 0 Å². The van der Waals surface area contributed by atoms with E-state index in [2.05, 4.69) is 22.4 Å². The average molecular weight is 320 g/mol. The summed E-state index contributed by atoms with van der Waals surface area (Å²) in [6, 6.07) is 8.25. The lowest BCUT2D eigenvalue weighted by Crippen LogP contribution is -2.33. The third-order valence-corrected chi connectivity index (χ3v) is 6.91. The molecule has 1 aromatic carbocycles. The maximum atomic E-state index is 13.4. The summed E-state index contributed by atoms with van der Waals surface area (Å²) >= 11 is 0. The lowest BCUT2D eigenvalue weighted by Gasteiger charge is -2.24. The molecule has 3 fully saturated rings. The fourth-order valence-corrected chi connectivity index (χ4v) is 5.88. The quantitative estimate of drug-likeness (QED) is 0.811. The molecular formula is C19H20N4O. The first-order valence-corrected chi connectivity index (χ1v) is 9.08. The van der Waals surface area contributed by atoms with Crippen LogP contribution < -0.4 is 4.90 Å². The van der Waals surface area contributed by atoms with Crippen LogP contribution in [0.1, 0.15) is 30.5 Å². The fourth-order valence-electron chi connectivity index (χ4n) is 5.88. The van der Waals surface area contributed by atoms with Crippen molar-refractivity contribution < 1.29 is 4.79 Å². The SMILES string of the molecule is O=C(C1C2C3CCC(C3)C12)N1Cc2cnnn2Cc2ccccc21. The lowest BCUT2D eigenvalue weighted by molar-refractivity contribution is -0.120. The predicted molar refractivity (Wildman–Crippen MR) is 88.1 cm³/mol. The molecule has 2 heterocycles. The summed E-state index contributed by atoms with van der Waals surface area (Å²) in [6.07, 6.45) is 5.88. The number of carbonyl (C=O) groups excluding carboxylic acids is 1. The number of nitrogens with zero attached hydrogens (tertiary/aromatic N) is 4. The molecule has 4 aliphatic rings. The van der Waals surface area contributed by atoms with Gasteiger partial charge in [0.05, 0.1) is 25.0 Å². The molecule has 3 aliphatic carbocycles. The Bertz CT molecular complexity index is 827. The number of carbonyl (C=O) groups is 1. The third kappa shape index (κ3) is 1.62. The van der Waals surface area contributed by atoms with Crippen molar-refractivity contribution in [3.63, 3.8) is 0 Å². The minimum atomic E-state index is 0.270. The Hall–Kier alpha value is -2.17. The van der Waals surface area contributed by atoms with Gasteiger partial charge in [0.1, 0.15) is 0 Å². The highest BCUT2D eigenvalue weighted by molar-refractivity contribution is 5.98. The van der Waals surface area contributed by atoms with Gasteiger partial charge in [0.25, 0.3) is 0 Å². The highest BCUT2D eigenvalue weighted by Crippen LogP contribution is 2.69. The first-order valence-electron chi connectivity index (χ1n) is 9.08. The number of aromatic nitrogens is 3. The Morgan fingerprint density at radius 1 is 1.08 bits per heavy atom. The number of fused-ring (bicyclic) bond motifs is 7. The molecule has 1 amide bonds. The Kier molecular flexibility index (Phi) is 2.45. The Morgan fingerprint density at radius 2 is 1.88 bits per heavy atom. The van der Waals surface area contributed by atoms with Crippen LogP contribution in [0.2, 0.25) is 0 Å². The lowest BCUT2D eigenvalue weighted by atomic mass is 10.0. The van der Waals surface area contributed by atoms with Crippen LogP contribution in [0.15, 0.2) is 30.5 Å². The van der Waals surface area contributed by atoms with Gasteiger partial charge in [-0.25, -0.2) is 4.68 Å². The fraction of sp³-hybridized carbons (Fsp3) is 0.526. The zero-order chi connectivity index (χ0) is 15.8. The number of amides is 1. The minimum absolute atomic E-state index is 0.270. The van der Waals surface area contributed by atoms with Crippen molar-refractivity contribution in [3.8, 4) is 0 Å². The van der Waals surface area contributed by atoms with Gasteiger partial charge in [0, 0.05) is 11.6 Å². The van der Waals surface area contributed by atoms with Crippen molar-refractivity contribution >= 4 is 11.6 Å². The summed E-state index contributed by atoms with van der Waals surface area (Å²) in [5.41, 5.74) is 3.24. The van der Waals surface area contributed by atoms with Gasteiger partial charge in [-0.3, -0.25) is 4.79 Å². The van der Waals surface area contributed by atoms with Gasteiger partial charge < -0.3 is 4.90 Å². The van der Waals surface area contributed by atoms with Gasteiger partial charge in [0.15, 0.2) is 0 Å². The van der Waals surface area contributed by atoms with E-state index in [0.29, 0.717) is 30.8 Å². The normalized spacial score (nSPS) is 35.2. The smallest absolute Gasteiger partial charge is 0.231 e. The van der Waals surface area contributed by atoms with E-state index in [1.165, 1.54) is 19.3 Å². The van der Waals surface area contributed by atoms with E-state index in [4.69, 9.17) is 0 Å². The maximum Gasteiger partial charge on any atom is 0.231 e. The second kappa shape index (κ2) is 4.47. The van der Waals surface area contributed by atoms with Crippen LogP contribution in [0.4, 0.5) is 5.69 Å². The number of hydrogen-bond acceptors (Lipinski definition) is 3. The van der Waals surface area contributed by atoms with Crippen molar-refractivity contribution in [2.75, 3.05) is 4.90 Å². The van der Waals surface area contributed by atoms with Crippen LogP contribution in [0.5, 0.6) is 0 Å². The molecule has 3 saturated carbocycles. The van der Waals surface area contributed by atoms with Crippen LogP contribution in [0.25, 0.3) is 0 Å². The number of benzene rings is 1. The van der Waals surface area contributed by atoms with E-state index in [1.807, 2.05) is 21.7 Å². The number of rotatable bonds is 1. The second-order valence-corrected chi connectivity index (χ2v) is 7.95. The molecule has 1 aliphatic heterocycles. The Labute approximate surface area is 140 Å². The molecule has 24 heavy (non-hydrogen) atoms. The van der Waals surface area contributed by atoms with Gasteiger partial charge in [-0.1, -0.05) is 23.4 Å². The zero-order valence-corrected chi connectivity index (χ0v) is 13.5. The summed E-state index contributed by atoms with van der Waals surface area (Å²) in [5, 5.41) is 8.23. The molecule has 6 rings (SSSR count). The van der Waals surface area contributed by atoms with E-state index in [0.717, 1.165) is 28.8 Å². The number of para-hydroxylation sites is 1. The van der Waals surface area contributed by atoms with Crippen molar-refractivity contribution in [1.29, 1.82) is 0 Å². The Balaban J connectivity index is 1.39. The summed E-state index contributed by atoms with van der Waals surface area (Å²) < 4.78 is 1.92. The van der Waals surface area contributed by atoms with Gasteiger partial charge in [-0.05, 0) is 54.6 Å². The number of hydrogen-bond donors (Lipinski definition) is 0. The zero-order valence-electron chi connectivity index (χ0n) is 13.5. The molecule has 2 aromatic rings. The monoisotopic (exact) mass is 320 g/mol. The highest BCUT2D eigenvalue weighted by atomic mass is 16.2. The molecule has 0 radical (unpaired) electrons. The molecule has 1 aromatic heterocycles. The maximum absolute atomic E-state index is 13.4. The van der Waals surface area contributed by atoms with Crippen molar-refractivity contribution in [2.24, 2.45) is 29.6 Å². The molecule has 122 valence electrons. The van der Waals surface area contributed by atoms with Crippen LogP contribution in [-0.2, 0) is 17.9 Å².